The Morgan fingerprint density at radius 2 is 1.77 bits per heavy atom. The van der Waals surface area contributed by atoms with Gasteiger partial charge in [-0.05, 0) is 42.0 Å². The van der Waals surface area contributed by atoms with E-state index in [-0.39, 0.29) is 12.5 Å². The predicted molar refractivity (Wildman–Crippen MR) is 82.0 cm³/mol. The summed E-state index contributed by atoms with van der Waals surface area (Å²) in [6, 6.07) is 12.2. The summed E-state index contributed by atoms with van der Waals surface area (Å²) in [7, 11) is 0. The molecule has 0 heterocycles. The van der Waals surface area contributed by atoms with Gasteiger partial charge < -0.3 is 10.6 Å². The Kier molecular flexibility index (Phi) is 5.49. The number of nitrogens with one attached hydrogen (secondary N) is 2. The Bertz CT molecular complexity index is 674. The molecule has 114 valence electrons. The number of rotatable bonds is 5. The predicted octanol–water partition coefficient (Wildman–Crippen LogP) is 2.53. The number of amides is 2. The highest BCUT2D eigenvalue weighted by molar-refractivity contribution is 6.30. The molecule has 0 aromatic heterocycles. The van der Waals surface area contributed by atoms with Crippen molar-refractivity contribution in [1.82, 2.24) is 10.6 Å². The van der Waals surface area contributed by atoms with Crippen LogP contribution in [0.5, 0.6) is 0 Å². The lowest BCUT2D eigenvalue weighted by atomic mass is 10.2. The summed E-state index contributed by atoms with van der Waals surface area (Å²) in [5, 5.41) is 5.73. The molecular weight excluding hydrogens is 307 g/mol. The molecule has 0 fully saturated rings. The average Bonchev–Trinajstić information content (AvgIpc) is 2.51. The average molecular weight is 321 g/mol. The van der Waals surface area contributed by atoms with Crippen molar-refractivity contribution in [2.24, 2.45) is 0 Å². The summed E-state index contributed by atoms with van der Waals surface area (Å²) in [5.74, 6) is -1.18. The quantitative estimate of drug-likeness (QED) is 0.889. The van der Waals surface area contributed by atoms with E-state index in [0.717, 1.165) is 5.56 Å². The summed E-state index contributed by atoms with van der Waals surface area (Å²) in [4.78, 5) is 23.4. The van der Waals surface area contributed by atoms with Crippen LogP contribution in [0.25, 0.3) is 0 Å². The number of benzene rings is 2. The zero-order valence-electron chi connectivity index (χ0n) is 11.6. The van der Waals surface area contributed by atoms with Crippen molar-refractivity contribution in [2.75, 3.05) is 6.54 Å². The van der Waals surface area contributed by atoms with Gasteiger partial charge in [0.25, 0.3) is 5.91 Å². The number of carbonyl (C=O) groups is 2. The first-order valence-electron chi connectivity index (χ1n) is 6.59. The van der Waals surface area contributed by atoms with Crippen molar-refractivity contribution in [3.05, 3.63) is 70.5 Å². The monoisotopic (exact) mass is 320 g/mol. The number of hydrogen-bond donors (Lipinski definition) is 2. The second kappa shape index (κ2) is 7.56. The van der Waals surface area contributed by atoms with E-state index in [1.54, 1.807) is 18.2 Å². The van der Waals surface area contributed by atoms with E-state index in [4.69, 9.17) is 11.6 Å². The van der Waals surface area contributed by atoms with Crippen LogP contribution < -0.4 is 10.6 Å². The van der Waals surface area contributed by atoms with Crippen LogP contribution in [0.15, 0.2) is 48.5 Å². The molecule has 6 heteroatoms. The van der Waals surface area contributed by atoms with E-state index < -0.39 is 11.7 Å². The van der Waals surface area contributed by atoms with Gasteiger partial charge >= 0.3 is 0 Å². The van der Waals surface area contributed by atoms with Gasteiger partial charge in [-0.1, -0.05) is 23.7 Å². The lowest BCUT2D eigenvalue weighted by molar-refractivity contribution is -0.120. The third kappa shape index (κ3) is 4.86. The minimum atomic E-state index is -0.432. The maximum atomic E-state index is 12.7. The fourth-order valence-electron chi connectivity index (χ4n) is 1.77. The summed E-state index contributed by atoms with van der Waals surface area (Å²) in [5.41, 5.74) is 1.16. The van der Waals surface area contributed by atoms with Gasteiger partial charge in [-0.25, -0.2) is 4.39 Å². The summed E-state index contributed by atoms with van der Waals surface area (Å²) in [6.07, 6.45) is 0. The van der Waals surface area contributed by atoms with Crippen LogP contribution in [0.1, 0.15) is 15.9 Å². The van der Waals surface area contributed by atoms with E-state index in [1.807, 2.05) is 6.07 Å². The van der Waals surface area contributed by atoms with Crippen molar-refractivity contribution in [3.63, 3.8) is 0 Å². The third-order valence-corrected chi connectivity index (χ3v) is 3.13. The molecule has 0 aliphatic heterocycles. The molecule has 0 bridgehead atoms. The Morgan fingerprint density at radius 1 is 1.05 bits per heavy atom. The lowest BCUT2D eigenvalue weighted by Crippen LogP contribution is -2.36. The van der Waals surface area contributed by atoms with Crippen LogP contribution >= 0.6 is 11.6 Å². The van der Waals surface area contributed by atoms with E-state index in [2.05, 4.69) is 10.6 Å². The minimum Gasteiger partial charge on any atom is -0.350 e. The molecule has 2 aromatic carbocycles. The molecule has 0 atom stereocenters. The second-order valence-electron chi connectivity index (χ2n) is 4.60. The summed E-state index contributed by atoms with van der Waals surface area (Å²) < 4.78 is 12.7. The Labute approximate surface area is 132 Å². The van der Waals surface area contributed by atoms with Crippen LogP contribution in [0.4, 0.5) is 4.39 Å². The van der Waals surface area contributed by atoms with Gasteiger partial charge in [-0.2, -0.15) is 0 Å². The van der Waals surface area contributed by atoms with Gasteiger partial charge in [-0.3, -0.25) is 9.59 Å². The zero-order valence-corrected chi connectivity index (χ0v) is 12.4. The molecular formula is C16H14ClFN2O2. The molecule has 0 aliphatic rings. The first kappa shape index (κ1) is 16.0. The van der Waals surface area contributed by atoms with Crippen molar-refractivity contribution in [2.45, 2.75) is 6.54 Å². The van der Waals surface area contributed by atoms with Crippen LogP contribution in [-0.2, 0) is 11.3 Å². The molecule has 22 heavy (non-hydrogen) atoms. The van der Waals surface area contributed by atoms with Crippen LogP contribution in [-0.4, -0.2) is 18.4 Å². The van der Waals surface area contributed by atoms with Crippen molar-refractivity contribution in [1.29, 1.82) is 0 Å². The van der Waals surface area contributed by atoms with Crippen molar-refractivity contribution < 1.29 is 14.0 Å². The highest BCUT2D eigenvalue weighted by Gasteiger charge is 2.08. The number of hydrogen-bond acceptors (Lipinski definition) is 2. The van der Waals surface area contributed by atoms with Gasteiger partial charge in [0, 0.05) is 17.1 Å². The normalized spacial score (nSPS) is 10.1. The van der Waals surface area contributed by atoms with Crippen molar-refractivity contribution in [3.8, 4) is 0 Å². The van der Waals surface area contributed by atoms with Gasteiger partial charge in [0.2, 0.25) is 5.91 Å². The maximum Gasteiger partial charge on any atom is 0.251 e. The summed E-state index contributed by atoms with van der Waals surface area (Å²) in [6.45, 7) is 0.169. The molecule has 2 amide bonds. The fraction of sp³-hybridized carbons (Fsp3) is 0.125. The largest absolute Gasteiger partial charge is 0.350 e. The molecule has 2 N–H and O–H groups in total. The summed E-state index contributed by atoms with van der Waals surface area (Å²) >= 11 is 5.85. The van der Waals surface area contributed by atoms with Gasteiger partial charge in [0.15, 0.2) is 0 Å². The smallest absolute Gasteiger partial charge is 0.251 e. The van der Waals surface area contributed by atoms with E-state index >= 15 is 0 Å². The SMILES string of the molecule is O=C(CNC(=O)c1ccc(F)cc1)NCc1cccc(Cl)c1. The molecule has 0 unspecified atom stereocenters. The van der Waals surface area contributed by atoms with E-state index in [9.17, 15) is 14.0 Å². The van der Waals surface area contributed by atoms with Gasteiger partial charge in [0.05, 0.1) is 6.54 Å². The van der Waals surface area contributed by atoms with Crippen LogP contribution in [0.2, 0.25) is 5.02 Å². The van der Waals surface area contributed by atoms with Crippen molar-refractivity contribution >= 4 is 23.4 Å². The first-order chi connectivity index (χ1) is 10.5. The van der Waals surface area contributed by atoms with Gasteiger partial charge in [-0.15, -0.1) is 0 Å². The van der Waals surface area contributed by atoms with Crippen LogP contribution in [0, 0.1) is 5.82 Å². The highest BCUT2D eigenvalue weighted by atomic mass is 35.5. The Balaban J connectivity index is 1.78. The molecule has 0 saturated carbocycles. The molecule has 2 rings (SSSR count). The first-order valence-corrected chi connectivity index (χ1v) is 6.97. The molecule has 0 saturated heterocycles. The second-order valence-corrected chi connectivity index (χ2v) is 5.03. The molecule has 0 spiro atoms. The maximum absolute atomic E-state index is 12.7. The Morgan fingerprint density at radius 3 is 2.45 bits per heavy atom. The minimum absolute atomic E-state index is 0.156. The Hall–Kier alpha value is -2.40. The zero-order chi connectivity index (χ0) is 15.9. The van der Waals surface area contributed by atoms with E-state index in [1.165, 1.54) is 24.3 Å². The fourth-order valence-corrected chi connectivity index (χ4v) is 1.99. The standard InChI is InChI=1S/C16H14ClFN2O2/c17-13-3-1-2-11(8-13)9-19-15(21)10-20-16(22)12-4-6-14(18)7-5-12/h1-8H,9-10H2,(H,19,21)(H,20,22). The van der Waals surface area contributed by atoms with Crippen LogP contribution in [0.3, 0.4) is 0 Å². The molecule has 0 radical (unpaired) electrons. The molecule has 0 aliphatic carbocycles. The number of halogens is 2. The molecule has 4 nitrogen and oxygen atoms in total. The van der Waals surface area contributed by atoms with E-state index in [0.29, 0.717) is 17.1 Å². The highest BCUT2D eigenvalue weighted by Crippen LogP contribution is 2.10. The topological polar surface area (TPSA) is 58.2 Å². The molecule has 2 aromatic rings. The number of carbonyl (C=O) groups excluding carboxylic acids is 2. The third-order valence-electron chi connectivity index (χ3n) is 2.89. The lowest BCUT2D eigenvalue weighted by Gasteiger charge is -2.07. The van der Waals surface area contributed by atoms with Gasteiger partial charge in [0.1, 0.15) is 5.82 Å².